The number of hydrogen-bond acceptors (Lipinski definition) is 2. The molecule has 0 aliphatic carbocycles. The molecule has 0 aliphatic heterocycles. The van der Waals surface area contributed by atoms with Crippen LogP contribution < -0.4 is 0 Å². The summed E-state index contributed by atoms with van der Waals surface area (Å²) >= 11 is 0. The highest BCUT2D eigenvalue weighted by atomic mass is 14.8. The third kappa shape index (κ3) is 3.53. The molecule has 0 N–H and O–H groups in total. The molecule has 0 aliphatic rings. The standard InChI is InChI=1S/C11H17N2/c1-3-5-6-7-11-9-12-10(4-2)8-13-11/h8-9H,1,3-7H2,2H3. The summed E-state index contributed by atoms with van der Waals surface area (Å²) in [7, 11) is 0. The van der Waals surface area contributed by atoms with Crippen molar-refractivity contribution in [2.45, 2.75) is 39.0 Å². The second-order valence-corrected chi connectivity index (χ2v) is 3.16. The van der Waals surface area contributed by atoms with Crippen LogP contribution >= 0.6 is 0 Å². The lowest BCUT2D eigenvalue weighted by atomic mass is 10.2. The Bertz CT molecular complexity index is 228. The molecule has 0 atom stereocenters. The minimum absolute atomic E-state index is 0.964. The molecule has 0 spiro atoms. The monoisotopic (exact) mass is 177 g/mol. The largest absolute Gasteiger partial charge is 0.258 e. The van der Waals surface area contributed by atoms with Gasteiger partial charge >= 0.3 is 0 Å². The summed E-state index contributed by atoms with van der Waals surface area (Å²) in [5.74, 6) is 0. The fourth-order valence-corrected chi connectivity index (χ4v) is 1.18. The lowest BCUT2D eigenvalue weighted by Crippen LogP contribution is -1.94. The predicted molar refractivity (Wildman–Crippen MR) is 54.3 cm³/mol. The molecule has 0 unspecified atom stereocenters. The lowest BCUT2D eigenvalue weighted by molar-refractivity contribution is 0.728. The Kier molecular flexibility index (Phi) is 4.44. The van der Waals surface area contributed by atoms with E-state index in [1.165, 1.54) is 12.8 Å². The number of rotatable bonds is 5. The van der Waals surface area contributed by atoms with E-state index in [2.05, 4.69) is 23.8 Å². The smallest absolute Gasteiger partial charge is 0.0586 e. The molecule has 13 heavy (non-hydrogen) atoms. The van der Waals surface area contributed by atoms with Gasteiger partial charge in [0.1, 0.15) is 0 Å². The Morgan fingerprint density at radius 1 is 1.15 bits per heavy atom. The number of aromatic nitrogens is 2. The van der Waals surface area contributed by atoms with E-state index in [-0.39, 0.29) is 0 Å². The predicted octanol–water partition coefficient (Wildman–Crippen LogP) is 2.59. The molecule has 0 bridgehead atoms. The molecule has 2 heteroatoms. The molecule has 0 saturated carbocycles. The van der Waals surface area contributed by atoms with Gasteiger partial charge in [0.2, 0.25) is 0 Å². The molecule has 0 aromatic carbocycles. The van der Waals surface area contributed by atoms with Gasteiger partial charge in [0, 0.05) is 12.4 Å². The highest BCUT2D eigenvalue weighted by molar-refractivity contribution is 5.02. The number of nitrogens with zero attached hydrogens (tertiary/aromatic N) is 2. The normalized spacial score (nSPS) is 10.3. The van der Waals surface area contributed by atoms with E-state index < -0.39 is 0 Å². The van der Waals surface area contributed by atoms with E-state index >= 15 is 0 Å². The van der Waals surface area contributed by atoms with Crippen molar-refractivity contribution < 1.29 is 0 Å². The van der Waals surface area contributed by atoms with Gasteiger partial charge in [-0.2, -0.15) is 0 Å². The first-order valence-electron chi connectivity index (χ1n) is 4.96. The third-order valence-electron chi connectivity index (χ3n) is 2.05. The van der Waals surface area contributed by atoms with Gasteiger partial charge in [-0.3, -0.25) is 9.97 Å². The van der Waals surface area contributed by atoms with E-state index in [1.807, 2.05) is 12.4 Å². The third-order valence-corrected chi connectivity index (χ3v) is 2.05. The SMILES string of the molecule is [CH2]CCCCc1cnc(CC)cn1. The molecule has 2 nitrogen and oxygen atoms in total. The maximum Gasteiger partial charge on any atom is 0.0586 e. The second kappa shape index (κ2) is 5.68. The van der Waals surface area contributed by atoms with Gasteiger partial charge in [0.05, 0.1) is 11.4 Å². The average molecular weight is 177 g/mol. The van der Waals surface area contributed by atoms with E-state index in [1.54, 1.807) is 0 Å². The summed E-state index contributed by atoms with van der Waals surface area (Å²) in [4.78, 5) is 8.64. The van der Waals surface area contributed by atoms with E-state index in [4.69, 9.17) is 0 Å². The molecule has 1 rings (SSSR count). The number of hydrogen-bond donors (Lipinski definition) is 0. The average Bonchev–Trinajstić information content (AvgIpc) is 2.19. The van der Waals surface area contributed by atoms with Crippen molar-refractivity contribution in [3.63, 3.8) is 0 Å². The van der Waals surface area contributed by atoms with E-state index in [0.717, 1.165) is 30.7 Å². The van der Waals surface area contributed by atoms with Crippen LogP contribution in [0.2, 0.25) is 0 Å². The lowest BCUT2D eigenvalue weighted by Gasteiger charge is -2.00. The summed E-state index contributed by atoms with van der Waals surface area (Å²) in [6, 6.07) is 0. The minimum atomic E-state index is 0.964. The molecule has 1 aromatic heterocycles. The van der Waals surface area contributed by atoms with Crippen LogP contribution in [0.25, 0.3) is 0 Å². The molecule has 1 aromatic rings. The first-order valence-corrected chi connectivity index (χ1v) is 4.96. The van der Waals surface area contributed by atoms with Crippen LogP contribution in [-0.2, 0) is 12.8 Å². The first kappa shape index (κ1) is 10.2. The van der Waals surface area contributed by atoms with E-state index in [0.29, 0.717) is 0 Å². The Labute approximate surface area is 80.4 Å². The molecule has 0 saturated heterocycles. The first-order chi connectivity index (χ1) is 6.36. The molecular weight excluding hydrogens is 160 g/mol. The van der Waals surface area contributed by atoms with Crippen molar-refractivity contribution in [1.29, 1.82) is 0 Å². The summed E-state index contributed by atoms with van der Waals surface area (Å²) in [5.41, 5.74) is 2.17. The topological polar surface area (TPSA) is 25.8 Å². The summed E-state index contributed by atoms with van der Waals surface area (Å²) in [5, 5.41) is 0. The van der Waals surface area contributed by atoms with Crippen molar-refractivity contribution in [2.24, 2.45) is 0 Å². The van der Waals surface area contributed by atoms with Crippen molar-refractivity contribution in [3.05, 3.63) is 30.7 Å². The molecule has 0 amide bonds. The van der Waals surface area contributed by atoms with Crippen LogP contribution in [0.4, 0.5) is 0 Å². The van der Waals surface area contributed by atoms with Gasteiger partial charge in [-0.25, -0.2) is 0 Å². The summed E-state index contributed by atoms with van der Waals surface area (Å²) in [6.45, 7) is 5.90. The fraction of sp³-hybridized carbons (Fsp3) is 0.545. The van der Waals surface area contributed by atoms with Gasteiger partial charge in [-0.15, -0.1) is 0 Å². The zero-order valence-corrected chi connectivity index (χ0v) is 8.29. The second-order valence-electron chi connectivity index (χ2n) is 3.16. The molecule has 71 valence electrons. The van der Waals surface area contributed by atoms with Crippen molar-refractivity contribution in [3.8, 4) is 0 Å². The Morgan fingerprint density at radius 2 is 1.85 bits per heavy atom. The molecule has 1 heterocycles. The fourth-order valence-electron chi connectivity index (χ4n) is 1.18. The van der Waals surface area contributed by atoms with Gasteiger partial charge in [0.25, 0.3) is 0 Å². The molecular formula is C11H17N2. The van der Waals surface area contributed by atoms with Crippen LogP contribution in [0.1, 0.15) is 37.6 Å². The van der Waals surface area contributed by atoms with Crippen molar-refractivity contribution in [2.75, 3.05) is 0 Å². The van der Waals surface area contributed by atoms with Crippen LogP contribution in [0.5, 0.6) is 0 Å². The van der Waals surface area contributed by atoms with Gasteiger partial charge in [-0.05, 0) is 19.3 Å². The Morgan fingerprint density at radius 3 is 2.38 bits per heavy atom. The van der Waals surface area contributed by atoms with Crippen LogP contribution in [0, 0.1) is 6.92 Å². The number of aryl methyl sites for hydroxylation is 2. The molecule has 0 fully saturated rings. The zero-order valence-electron chi connectivity index (χ0n) is 8.29. The molecule has 1 radical (unpaired) electrons. The van der Waals surface area contributed by atoms with Crippen LogP contribution in [0.15, 0.2) is 12.4 Å². The highest BCUT2D eigenvalue weighted by Crippen LogP contribution is 2.03. The maximum absolute atomic E-state index is 4.34. The summed E-state index contributed by atoms with van der Waals surface area (Å²) in [6.07, 6.45) is 9.13. The minimum Gasteiger partial charge on any atom is -0.258 e. The highest BCUT2D eigenvalue weighted by Gasteiger charge is 1.95. The quantitative estimate of drug-likeness (QED) is 0.646. The van der Waals surface area contributed by atoms with Crippen LogP contribution in [-0.4, -0.2) is 9.97 Å². The van der Waals surface area contributed by atoms with Crippen molar-refractivity contribution in [1.82, 2.24) is 9.97 Å². The Balaban J connectivity index is 2.40. The van der Waals surface area contributed by atoms with Crippen LogP contribution in [0.3, 0.4) is 0 Å². The van der Waals surface area contributed by atoms with Gasteiger partial charge in [0.15, 0.2) is 0 Å². The van der Waals surface area contributed by atoms with E-state index in [9.17, 15) is 0 Å². The van der Waals surface area contributed by atoms with Crippen molar-refractivity contribution >= 4 is 0 Å². The van der Waals surface area contributed by atoms with Gasteiger partial charge < -0.3 is 0 Å². The summed E-state index contributed by atoms with van der Waals surface area (Å²) < 4.78 is 0. The Hall–Kier alpha value is -0.920. The number of unbranched alkanes of at least 4 members (excludes halogenated alkanes) is 2. The van der Waals surface area contributed by atoms with Gasteiger partial charge in [-0.1, -0.05) is 26.7 Å². The maximum atomic E-state index is 4.34. The zero-order chi connectivity index (χ0) is 9.52.